The third-order valence-corrected chi connectivity index (χ3v) is 3.19. The zero-order chi connectivity index (χ0) is 16.5. The average molecular weight is 301 g/mol. The third-order valence-electron chi connectivity index (χ3n) is 3.19. The van der Waals surface area contributed by atoms with E-state index in [1.54, 1.807) is 37.3 Å². The lowest BCUT2D eigenvalue weighted by Crippen LogP contribution is -2.23. The summed E-state index contributed by atoms with van der Waals surface area (Å²) in [4.78, 5) is 12.0. The van der Waals surface area contributed by atoms with Gasteiger partial charge in [0.2, 0.25) is 0 Å². The topological polar surface area (TPSA) is 52.3 Å². The molecule has 2 rings (SSSR count). The second kappa shape index (κ2) is 5.79. The molecule has 0 atom stereocenters. The minimum Gasteiger partial charge on any atom is -0.456 e. The number of aryl methyl sites for hydroxylation is 1. The van der Waals surface area contributed by atoms with Gasteiger partial charge in [-0.25, -0.2) is 9.18 Å². The molecule has 0 heterocycles. The van der Waals surface area contributed by atoms with E-state index in [9.17, 15) is 9.18 Å². The Kier molecular flexibility index (Phi) is 4.22. The van der Waals surface area contributed by atoms with Gasteiger partial charge in [-0.1, -0.05) is 12.1 Å². The van der Waals surface area contributed by atoms with Crippen LogP contribution in [0.4, 0.5) is 10.1 Å². The molecule has 0 radical (unpaired) electrons. The maximum Gasteiger partial charge on any atom is 0.338 e. The molecule has 0 spiro atoms. The monoisotopic (exact) mass is 301 g/mol. The van der Waals surface area contributed by atoms with Crippen molar-refractivity contribution in [2.45, 2.75) is 33.3 Å². The third kappa shape index (κ3) is 3.64. The number of esters is 1. The first-order chi connectivity index (χ1) is 10.2. The van der Waals surface area contributed by atoms with Gasteiger partial charge in [0.15, 0.2) is 0 Å². The molecule has 0 unspecified atom stereocenters. The van der Waals surface area contributed by atoms with Gasteiger partial charge in [0.25, 0.3) is 0 Å². The molecule has 0 saturated heterocycles. The quantitative estimate of drug-likeness (QED) is 0.663. The summed E-state index contributed by atoms with van der Waals surface area (Å²) in [5.74, 6) is -0.736. The van der Waals surface area contributed by atoms with Crippen LogP contribution < -0.4 is 5.73 Å². The molecule has 2 aromatic carbocycles. The summed E-state index contributed by atoms with van der Waals surface area (Å²) in [6.45, 7) is 7.19. The molecule has 0 aliphatic heterocycles. The number of benzene rings is 2. The van der Waals surface area contributed by atoms with Crippen molar-refractivity contribution in [3.63, 3.8) is 0 Å². The van der Waals surface area contributed by atoms with Gasteiger partial charge in [-0.3, -0.25) is 0 Å². The van der Waals surface area contributed by atoms with E-state index in [-0.39, 0.29) is 5.82 Å². The van der Waals surface area contributed by atoms with E-state index in [1.807, 2.05) is 20.8 Å². The number of carbonyl (C=O) groups excluding carboxylic acids is 1. The minimum atomic E-state index is -0.548. The number of hydrogen-bond donors (Lipinski definition) is 1. The summed E-state index contributed by atoms with van der Waals surface area (Å²) in [5, 5.41) is 0. The number of hydrogen-bond acceptors (Lipinski definition) is 3. The van der Waals surface area contributed by atoms with E-state index in [0.717, 1.165) is 0 Å². The number of anilines is 1. The maximum absolute atomic E-state index is 14.1. The highest BCUT2D eigenvalue weighted by Gasteiger charge is 2.18. The Morgan fingerprint density at radius 1 is 1.14 bits per heavy atom. The first-order valence-corrected chi connectivity index (χ1v) is 7.07. The highest BCUT2D eigenvalue weighted by atomic mass is 19.1. The number of nitrogens with two attached hydrogens (primary N) is 1. The van der Waals surface area contributed by atoms with Crippen LogP contribution in [-0.4, -0.2) is 11.6 Å². The Hall–Kier alpha value is -2.36. The summed E-state index contributed by atoms with van der Waals surface area (Å²) < 4.78 is 19.3. The normalized spacial score (nSPS) is 11.3. The molecule has 0 saturated carbocycles. The molecule has 2 N–H and O–H groups in total. The van der Waals surface area contributed by atoms with Crippen molar-refractivity contribution in [3.05, 3.63) is 53.3 Å². The Balaban J connectivity index is 2.30. The zero-order valence-electron chi connectivity index (χ0n) is 13.2. The van der Waals surface area contributed by atoms with Gasteiger partial charge in [-0.2, -0.15) is 0 Å². The van der Waals surface area contributed by atoms with Gasteiger partial charge in [-0.05, 0) is 63.1 Å². The van der Waals surface area contributed by atoms with Crippen LogP contribution in [0.5, 0.6) is 0 Å². The van der Waals surface area contributed by atoms with Crippen LogP contribution in [0.3, 0.4) is 0 Å². The summed E-state index contributed by atoms with van der Waals surface area (Å²) in [6.07, 6.45) is 0. The van der Waals surface area contributed by atoms with E-state index in [1.165, 1.54) is 6.07 Å². The summed E-state index contributed by atoms with van der Waals surface area (Å²) in [5.41, 5.74) is 8.03. The Labute approximate surface area is 129 Å². The molecule has 4 heteroatoms. The average Bonchev–Trinajstić information content (AvgIpc) is 2.41. The molecule has 116 valence electrons. The van der Waals surface area contributed by atoms with Crippen LogP contribution in [0.15, 0.2) is 36.4 Å². The number of rotatable bonds is 2. The number of ether oxygens (including phenoxy) is 1. The summed E-state index contributed by atoms with van der Waals surface area (Å²) in [6, 6.07) is 9.64. The molecule has 3 nitrogen and oxygen atoms in total. The lowest BCUT2D eigenvalue weighted by Gasteiger charge is -2.19. The van der Waals surface area contributed by atoms with Crippen LogP contribution in [-0.2, 0) is 4.74 Å². The molecule has 22 heavy (non-hydrogen) atoms. The molecule has 0 aromatic heterocycles. The van der Waals surface area contributed by atoms with Crippen molar-refractivity contribution < 1.29 is 13.9 Å². The molecule has 2 aromatic rings. The van der Waals surface area contributed by atoms with Crippen molar-refractivity contribution in [2.75, 3.05) is 5.73 Å². The SMILES string of the molecule is Cc1cc(F)c(-c2ccc(C(=O)OC(C)(C)C)cc2)cc1N. The fourth-order valence-electron chi connectivity index (χ4n) is 2.03. The van der Waals surface area contributed by atoms with Crippen LogP contribution in [0, 0.1) is 12.7 Å². The Bertz CT molecular complexity index is 700. The lowest BCUT2D eigenvalue weighted by molar-refractivity contribution is 0.00696. The van der Waals surface area contributed by atoms with Crippen LogP contribution in [0.25, 0.3) is 11.1 Å². The first-order valence-electron chi connectivity index (χ1n) is 7.07. The fourth-order valence-corrected chi connectivity index (χ4v) is 2.03. The highest BCUT2D eigenvalue weighted by Crippen LogP contribution is 2.27. The summed E-state index contributed by atoms with van der Waals surface area (Å²) in [7, 11) is 0. The standard InChI is InChI=1S/C18H20FNO2/c1-11-9-15(19)14(10-16(11)20)12-5-7-13(8-6-12)17(21)22-18(2,3)4/h5-10H,20H2,1-4H3. The van der Waals surface area contributed by atoms with Crippen LogP contribution in [0.2, 0.25) is 0 Å². The second-order valence-electron chi connectivity index (χ2n) is 6.27. The van der Waals surface area contributed by atoms with E-state index in [4.69, 9.17) is 10.5 Å². The van der Waals surface area contributed by atoms with E-state index in [2.05, 4.69) is 0 Å². The van der Waals surface area contributed by atoms with Crippen molar-refractivity contribution in [1.29, 1.82) is 0 Å². The Morgan fingerprint density at radius 2 is 1.73 bits per heavy atom. The van der Waals surface area contributed by atoms with Crippen molar-refractivity contribution in [1.82, 2.24) is 0 Å². The zero-order valence-corrected chi connectivity index (χ0v) is 13.2. The number of halogens is 1. The van der Waals surface area contributed by atoms with Crippen molar-refractivity contribution >= 4 is 11.7 Å². The van der Waals surface area contributed by atoms with Crippen molar-refractivity contribution in [2.24, 2.45) is 0 Å². The van der Waals surface area contributed by atoms with E-state index in [0.29, 0.717) is 27.9 Å². The molecule has 0 aliphatic rings. The van der Waals surface area contributed by atoms with Gasteiger partial charge in [0.1, 0.15) is 11.4 Å². The molecule has 0 amide bonds. The maximum atomic E-state index is 14.1. The van der Waals surface area contributed by atoms with E-state index >= 15 is 0 Å². The molecule has 0 bridgehead atoms. The molecular weight excluding hydrogens is 281 g/mol. The summed E-state index contributed by atoms with van der Waals surface area (Å²) >= 11 is 0. The minimum absolute atomic E-state index is 0.336. The first kappa shape index (κ1) is 16.0. The van der Waals surface area contributed by atoms with Gasteiger partial charge >= 0.3 is 5.97 Å². The predicted octanol–water partition coefficient (Wildman–Crippen LogP) is 4.34. The highest BCUT2D eigenvalue weighted by molar-refractivity contribution is 5.90. The van der Waals surface area contributed by atoms with Gasteiger partial charge in [-0.15, -0.1) is 0 Å². The van der Waals surface area contributed by atoms with Crippen LogP contribution >= 0.6 is 0 Å². The lowest BCUT2D eigenvalue weighted by atomic mass is 10.0. The molecule has 0 fully saturated rings. The van der Waals surface area contributed by atoms with Gasteiger partial charge < -0.3 is 10.5 Å². The predicted molar refractivity (Wildman–Crippen MR) is 86.2 cm³/mol. The molecular formula is C18H20FNO2. The van der Waals surface area contributed by atoms with Crippen LogP contribution in [0.1, 0.15) is 36.7 Å². The fraction of sp³-hybridized carbons (Fsp3) is 0.278. The number of nitrogen functional groups attached to an aromatic ring is 1. The number of carbonyl (C=O) groups is 1. The van der Waals surface area contributed by atoms with Gasteiger partial charge in [0, 0.05) is 11.3 Å². The smallest absolute Gasteiger partial charge is 0.338 e. The van der Waals surface area contributed by atoms with E-state index < -0.39 is 11.6 Å². The second-order valence-corrected chi connectivity index (χ2v) is 6.27. The Morgan fingerprint density at radius 3 is 2.27 bits per heavy atom. The van der Waals surface area contributed by atoms with Gasteiger partial charge in [0.05, 0.1) is 5.56 Å². The molecule has 0 aliphatic carbocycles. The largest absolute Gasteiger partial charge is 0.456 e. The van der Waals surface area contributed by atoms with Crippen molar-refractivity contribution in [3.8, 4) is 11.1 Å².